The Bertz CT molecular complexity index is 910. The number of hydrogen-bond acceptors (Lipinski definition) is 4. The molecule has 1 aliphatic rings. The van der Waals surface area contributed by atoms with Gasteiger partial charge in [-0.15, -0.1) is 0 Å². The summed E-state index contributed by atoms with van der Waals surface area (Å²) in [7, 11) is 0. The van der Waals surface area contributed by atoms with Gasteiger partial charge in [-0.05, 0) is 44.9 Å². The predicted octanol–water partition coefficient (Wildman–Crippen LogP) is 2.71. The number of fused-ring (bicyclic) bond motifs is 1. The van der Waals surface area contributed by atoms with E-state index in [0.29, 0.717) is 10.9 Å². The average molecular weight is 433 g/mol. The highest BCUT2D eigenvalue weighted by Gasteiger charge is 2.20. The van der Waals surface area contributed by atoms with Crippen LogP contribution in [0.2, 0.25) is 0 Å². The first-order valence-corrected chi connectivity index (χ1v) is 10.0. The number of hydrogen-bond donors (Lipinski definition) is 1. The summed E-state index contributed by atoms with van der Waals surface area (Å²) in [6.45, 7) is 7.12. The highest BCUT2D eigenvalue weighted by molar-refractivity contribution is 9.10. The molecule has 0 aliphatic carbocycles. The maximum atomic E-state index is 12.6. The van der Waals surface area contributed by atoms with Crippen molar-refractivity contribution in [3.8, 4) is 0 Å². The third-order valence-corrected chi connectivity index (χ3v) is 5.30. The quantitative estimate of drug-likeness (QED) is 0.737. The van der Waals surface area contributed by atoms with E-state index in [1.807, 2.05) is 6.07 Å². The molecule has 3 rings (SSSR count). The van der Waals surface area contributed by atoms with Crippen molar-refractivity contribution in [1.29, 1.82) is 0 Å². The zero-order valence-electron chi connectivity index (χ0n) is 15.7. The molecule has 0 unspecified atom stereocenters. The molecule has 1 aromatic heterocycles. The van der Waals surface area contributed by atoms with Crippen LogP contribution in [0.3, 0.4) is 0 Å². The summed E-state index contributed by atoms with van der Waals surface area (Å²) in [5.41, 5.74) is 1.75. The number of rotatable bonds is 5. The first-order chi connectivity index (χ1) is 12.9. The Morgan fingerprint density at radius 1 is 1.33 bits per heavy atom. The maximum absolute atomic E-state index is 12.6. The summed E-state index contributed by atoms with van der Waals surface area (Å²) in [6.07, 6.45) is 5.54. The minimum atomic E-state index is -0.201. The minimum absolute atomic E-state index is 0.00767. The largest absolute Gasteiger partial charge is 0.352 e. The van der Waals surface area contributed by atoms with E-state index in [1.165, 1.54) is 16.5 Å². The molecule has 0 spiro atoms. The highest BCUT2D eigenvalue weighted by Crippen LogP contribution is 2.15. The number of benzene rings is 1. The third kappa shape index (κ3) is 5.26. The van der Waals surface area contributed by atoms with Crippen LogP contribution in [0.4, 0.5) is 0 Å². The van der Waals surface area contributed by atoms with E-state index in [0.717, 1.165) is 36.9 Å². The second-order valence-corrected chi connectivity index (χ2v) is 8.18. The van der Waals surface area contributed by atoms with E-state index in [1.54, 1.807) is 12.1 Å². The fraction of sp³-hybridized carbons (Fsp3) is 0.450. The third-order valence-electron chi connectivity index (χ3n) is 4.81. The van der Waals surface area contributed by atoms with Gasteiger partial charge in [-0.1, -0.05) is 27.6 Å². The molecule has 1 aliphatic heterocycles. The van der Waals surface area contributed by atoms with Gasteiger partial charge in [-0.25, -0.2) is 4.98 Å². The van der Waals surface area contributed by atoms with Gasteiger partial charge in [0.2, 0.25) is 5.91 Å². The van der Waals surface area contributed by atoms with Crippen LogP contribution in [0.5, 0.6) is 0 Å². The Labute approximate surface area is 167 Å². The molecule has 7 heteroatoms. The average Bonchev–Trinajstić information content (AvgIpc) is 2.64. The van der Waals surface area contributed by atoms with Gasteiger partial charge < -0.3 is 5.32 Å². The second kappa shape index (κ2) is 8.80. The van der Waals surface area contributed by atoms with Crippen LogP contribution in [0.25, 0.3) is 10.9 Å². The number of likely N-dealkylation sites (tertiary alicyclic amines) is 1. The van der Waals surface area contributed by atoms with E-state index in [4.69, 9.17) is 0 Å². The maximum Gasteiger partial charge on any atom is 0.261 e. The van der Waals surface area contributed by atoms with Gasteiger partial charge in [0, 0.05) is 30.1 Å². The topological polar surface area (TPSA) is 67.2 Å². The van der Waals surface area contributed by atoms with Crippen LogP contribution >= 0.6 is 15.9 Å². The van der Waals surface area contributed by atoms with Crippen LogP contribution in [0.1, 0.15) is 26.7 Å². The summed E-state index contributed by atoms with van der Waals surface area (Å²) in [5, 5.41) is 3.57. The van der Waals surface area contributed by atoms with Crippen molar-refractivity contribution in [2.75, 3.05) is 19.6 Å². The van der Waals surface area contributed by atoms with Crippen LogP contribution in [0, 0.1) is 0 Å². The van der Waals surface area contributed by atoms with Crippen LogP contribution in [-0.2, 0) is 11.3 Å². The molecular formula is C20H25BrN4O2. The van der Waals surface area contributed by atoms with Gasteiger partial charge in [-0.2, -0.15) is 0 Å². The van der Waals surface area contributed by atoms with Gasteiger partial charge in [-0.3, -0.25) is 19.1 Å². The molecule has 1 amide bonds. The summed E-state index contributed by atoms with van der Waals surface area (Å²) in [5.74, 6) is -0.143. The number of nitrogens with zero attached hydrogens (tertiary/aromatic N) is 3. The molecule has 0 saturated carbocycles. The Kier molecular flexibility index (Phi) is 6.44. The Hall–Kier alpha value is -1.99. The van der Waals surface area contributed by atoms with Crippen LogP contribution in [-0.4, -0.2) is 46.0 Å². The van der Waals surface area contributed by atoms with E-state index < -0.39 is 0 Å². The Balaban J connectivity index is 1.57. The van der Waals surface area contributed by atoms with E-state index >= 15 is 0 Å². The lowest BCUT2D eigenvalue weighted by molar-refractivity contribution is -0.122. The summed E-state index contributed by atoms with van der Waals surface area (Å²) in [4.78, 5) is 31.7. The number of halogens is 1. The summed E-state index contributed by atoms with van der Waals surface area (Å²) < 4.78 is 2.18. The normalized spacial score (nSPS) is 15.7. The summed E-state index contributed by atoms with van der Waals surface area (Å²) in [6, 6.07) is 5.53. The molecule has 1 saturated heterocycles. The lowest BCUT2D eigenvalue weighted by Crippen LogP contribution is -2.46. The van der Waals surface area contributed by atoms with Gasteiger partial charge >= 0.3 is 0 Å². The first-order valence-electron chi connectivity index (χ1n) is 9.22. The van der Waals surface area contributed by atoms with Crippen molar-refractivity contribution in [2.45, 2.75) is 39.3 Å². The highest BCUT2D eigenvalue weighted by atomic mass is 79.9. The molecule has 2 aromatic rings. The first kappa shape index (κ1) is 19.8. The molecular weight excluding hydrogens is 408 g/mol. The van der Waals surface area contributed by atoms with Gasteiger partial charge in [0.1, 0.15) is 6.54 Å². The van der Waals surface area contributed by atoms with E-state index in [-0.39, 0.29) is 24.1 Å². The zero-order valence-corrected chi connectivity index (χ0v) is 17.3. The SMILES string of the molecule is CC(C)=CCN1CCC(NC(=O)Cn2cnc3ccc(Br)cc3c2=O)CC1. The molecule has 2 heterocycles. The molecule has 27 heavy (non-hydrogen) atoms. The fourth-order valence-electron chi connectivity index (χ4n) is 3.24. The number of carbonyl (C=O) groups is 1. The van der Waals surface area contributed by atoms with Crippen LogP contribution in [0.15, 0.2) is 45.4 Å². The number of aromatic nitrogens is 2. The molecule has 6 nitrogen and oxygen atoms in total. The smallest absolute Gasteiger partial charge is 0.261 e. The fourth-order valence-corrected chi connectivity index (χ4v) is 3.60. The molecule has 1 fully saturated rings. The van der Waals surface area contributed by atoms with Crippen molar-refractivity contribution >= 4 is 32.7 Å². The van der Waals surface area contributed by atoms with Crippen molar-refractivity contribution in [3.05, 3.63) is 51.0 Å². The number of allylic oxidation sites excluding steroid dienone is 1. The second-order valence-electron chi connectivity index (χ2n) is 7.26. The molecule has 0 radical (unpaired) electrons. The zero-order chi connectivity index (χ0) is 19.4. The van der Waals surface area contributed by atoms with Crippen molar-refractivity contribution in [1.82, 2.24) is 19.8 Å². The molecule has 0 bridgehead atoms. The molecule has 0 atom stereocenters. The standard InChI is InChI=1S/C20H25BrN4O2/c1-14(2)5-8-24-9-6-16(7-10-24)23-19(26)12-25-13-22-18-4-3-15(21)11-17(18)20(25)27/h3-5,11,13,16H,6-10,12H2,1-2H3,(H,23,26). The van der Waals surface area contributed by atoms with Crippen LogP contribution < -0.4 is 10.9 Å². The van der Waals surface area contributed by atoms with E-state index in [2.05, 4.69) is 51.1 Å². The lowest BCUT2D eigenvalue weighted by atomic mass is 10.0. The van der Waals surface area contributed by atoms with Gasteiger partial charge in [0.25, 0.3) is 5.56 Å². The molecule has 1 aromatic carbocycles. The van der Waals surface area contributed by atoms with Gasteiger partial charge in [0.15, 0.2) is 0 Å². The molecule has 1 N–H and O–H groups in total. The molecule has 144 valence electrons. The Morgan fingerprint density at radius 2 is 2.07 bits per heavy atom. The number of piperidine rings is 1. The number of nitrogens with one attached hydrogen (secondary N) is 1. The Morgan fingerprint density at radius 3 is 2.78 bits per heavy atom. The number of amides is 1. The lowest BCUT2D eigenvalue weighted by Gasteiger charge is -2.31. The van der Waals surface area contributed by atoms with E-state index in [9.17, 15) is 9.59 Å². The van der Waals surface area contributed by atoms with Gasteiger partial charge in [0.05, 0.1) is 17.2 Å². The number of carbonyl (C=O) groups excluding carboxylic acids is 1. The minimum Gasteiger partial charge on any atom is -0.352 e. The monoisotopic (exact) mass is 432 g/mol. The van der Waals surface area contributed by atoms with Crippen molar-refractivity contribution in [3.63, 3.8) is 0 Å². The summed E-state index contributed by atoms with van der Waals surface area (Å²) >= 11 is 3.37. The van der Waals surface area contributed by atoms with Crippen molar-refractivity contribution in [2.24, 2.45) is 0 Å². The predicted molar refractivity (Wildman–Crippen MR) is 111 cm³/mol. The van der Waals surface area contributed by atoms with Crippen molar-refractivity contribution < 1.29 is 4.79 Å².